The summed E-state index contributed by atoms with van der Waals surface area (Å²) in [7, 11) is 0. The van der Waals surface area contributed by atoms with Crippen molar-refractivity contribution < 1.29 is 4.39 Å². The smallest absolute Gasteiger partial charge is 0.174 e. The molecule has 0 unspecified atom stereocenters. The lowest BCUT2D eigenvalue weighted by Crippen LogP contribution is -2.32. The summed E-state index contributed by atoms with van der Waals surface area (Å²) < 4.78 is 15.0. The standard InChI is InChI=1S/C19H22FN5S/c20-16-9-7-15(8-10-16)14-25-19(21-22-23-25)18(17-6-5-13-26-17)24-11-3-1-2-4-12-24/h5-10,13,18H,1-4,11-12,14H2/t18-/m0/s1. The van der Waals surface area contributed by atoms with Gasteiger partial charge in [-0.3, -0.25) is 4.90 Å². The average Bonchev–Trinajstić information content (AvgIpc) is 3.26. The zero-order valence-corrected chi connectivity index (χ0v) is 15.4. The van der Waals surface area contributed by atoms with Crippen LogP contribution in [0.25, 0.3) is 0 Å². The van der Waals surface area contributed by atoms with Gasteiger partial charge in [0.2, 0.25) is 0 Å². The number of benzene rings is 1. The van der Waals surface area contributed by atoms with Gasteiger partial charge in [0.15, 0.2) is 5.82 Å². The quantitative estimate of drug-likeness (QED) is 0.683. The molecule has 4 rings (SSSR count). The Balaban J connectivity index is 1.66. The van der Waals surface area contributed by atoms with Gasteiger partial charge in [-0.05, 0) is 65.5 Å². The number of nitrogens with zero attached hydrogens (tertiary/aromatic N) is 5. The highest BCUT2D eigenvalue weighted by atomic mass is 32.1. The first kappa shape index (κ1) is 17.3. The topological polar surface area (TPSA) is 46.8 Å². The summed E-state index contributed by atoms with van der Waals surface area (Å²) in [5.41, 5.74) is 0.987. The highest BCUT2D eigenvalue weighted by molar-refractivity contribution is 7.10. The van der Waals surface area contributed by atoms with Crippen molar-refractivity contribution in [3.8, 4) is 0 Å². The molecule has 3 heterocycles. The molecule has 0 aliphatic carbocycles. The maximum atomic E-state index is 13.2. The van der Waals surface area contributed by atoms with Crippen LogP contribution in [0.5, 0.6) is 0 Å². The molecule has 1 aliphatic rings. The molecular weight excluding hydrogens is 349 g/mol. The number of hydrogen-bond acceptors (Lipinski definition) is 5. The van der Waals surface area contributed by atoms with Crippen molar-refractivity contribution in [3.63, 3.8) is 0 Å². The van der Waals surface area contributed by atoms with Crippen LogP contribution < -0.4 is 0 Å². The maximum Gasteiger partial charge on any atom is 0.174 e. The summed E-state index contributed by atoms with van der Waals surface area (Å²) in [6.07, 6.45) is 4.99. The summed E-state index contributed by atoms with van der Waals surface area (Å²) >= 11 is 1.75. The predicted octanol–water partition coefficient (Wildman–Crippen LogP) is 3.89. The lowest BCUT2D eigenvalue weighted by atomic mass is 10.1. The average molecular weight is 371 g/mol. The molecule has 0 radical (unpaired) electrons. The number of rotatable bonds is 5. The van der Waals surface area contributed by atoms with E-state index in [1.807, 2.05) is 4.68 Å². The number of halogens is 1. The van der Waals surface area contributed by atoms with E-state index in [0.717, 1.165) is 24.5 Å². The van der Waals surface area contributed by atoms with Gasteiger partial charge in [-0.25, -0.2) is 9.07 Å². The number of hydrogen-bond donors (Lipinski definition) is 0. The van der Waals surface area contributed by atoms with Crippen LogP contribution in [0.4, 0.5) is 4.39 Å². The second kappa shape index (κ2) is 8.05. The van der Waals surface area contributed by atoms with Gasteiger partial charge in [-0.2, -0.15) is 0 Å². The van der Waals surface area contributed by atoms with E-state index in [2.05, 4.69) is 37.9 Å². The van der Waals surface area contributed by atoms with Crippen LogP contribution in [-0.2, 0) is 6.54 Å². The van der Waals surface area contributed by atoms with E-state index in [-0.39, 0.29) is 11.9 Å². The fourth-order valence-electron chi connectivity index (χ4n) is 3.55. The Morgan fingerprint density at radius 1 is 1.04 bits per heavy atom. The molecule has 2 aromatic heterocycles. The molecule has 136 valence electrons. The van der Waals surface area contributed by atoms with Crippen molar-refractivity contribution >= 4 is 11.3 Å². The highest BCUT2D eigenvalue weighted by Gasteiger charge is 2.29. The van der Waals surface area contributed by atoms with Crippen molar-refractivity contribution in [1.29, 1.82) is 0 Å². The Morgan fingerprint density at radius 2 is 1.81 bits per heavy atom. The predicted molar refractivity (Wildman–Crippen MR) is 99.5 cm³/mol. The van der Waals surface area contributed by atoms with Gasteiger partial charge in [-0.1, -0.05) is 31.0 Å². The van der Waals surface area contributed by atoms with E-state index in [4.69, 9.17) is 0 Å². The molecule has 0 saturated carbocycles. The zero-order chi connectivity index (χ0) is 17.8. The van der Waals surface area contributed by atoms with Gasteiger partial charge in [0, 0.05) is 4.88 Å². The van der Waals surface area contributed by atoms with Gasteiger partial charge in [0.1, 0.15) is 11.9 Å². The van der Waals surface area contributed by atoms with Gasteiger partial charge in [0.25, 0.3) is 0 Å². The normalized spacial score (nSPS) is 17.1. The Labute approximate surface area is 156 Å². The van der Waals surface area contributed by atoms with E-state index >= 15 is 0 Å². The van der Waals surface area contributed by atoms with Crippen molar-refractivity contribution in [3.05, 3.63) is 63.9 Å². The van der Waals surface area contributed by atoms with Crippen LogP contribution in [0.1, 0.15) is 48.0 Å². The fourth-order valence-corrected chi connectivity index (χ4v) is 4.41. The van der Waals surface area contributed by atoms with Crippen LogP contribution >= 0.6 is 11.3 Å². The number of likely N-dealkylation sites (tertiary alicyclic amines) is 1. The van der Waals surface area contributed by atoms with Crippen molar-refractivity contribution in [1.82, 2.24) is 25.1 Å². The Morgan fingerprint density at radius 3 is 2.50 bits per heavy atom. The molecule has 26 heavy (non-hydrogen) atoms. The summed E-state index contributed by atoms with van der Waals surface area (Å²) in [6.45, 7) is 2.66. The minimum atomic E-state index is -0.230. The van der Waals surface area contributed by atoms with E-state index in [1.54, 1.807) is 23.5 Å². The second-order valence-electron chi connectivity index (χ2n) is 6.69. The monoisotopic (exact) mass is 371 g/mol. The molecule has 0 N–H and O–H groups in total. The molecule has 1 aliphatic heterocycles. The van der Waals surface area contributed by atoms with Crippen LogP contribution in [0.15, 0.2) is 41.8 Å². The molecule has 0 bridgehead atoms. The number of thiophene rings is 1. The Kier molecular flexibility index (Phi) is 5.36. The van der Waals surface area contributed by atoms with Crippen LogP contribution in [0.3, 0.4) is 0 Å². The lowest BCUT2D eigenvalue weighted by Gasteiger charge is -2.29. The van der Waals surface area contributed by atoms with Gasteiger partial charge >= 0.3 is 0 Å². The molecule has 7 heteroatoms. The molecule has 3 aromatic rings. The second-order valence-corrected chi connectivity index (χ2v) is 7.67. The zero-order valence-electron chi connectivity index (χ0n) is 14.6. The van der Waals surface area contributed by atoms with E-state index in [0.29, 0.717) is 6.54 Å². The van der Waals surface area contributed by atoms with E-state index in [1.165, 1.54) is 42.7 Å². The van der Waals surface area contributed by atoms with Gasteiger partial charge < -0.3 is 0 Å². The maximum absolute atomic E-state index is 13.2. The summed E-state index contributed by atoms with van der Waals surface area (Å²) in [4.78, 5) is 3.77. The van der Waals surface area contributed by atoms with Crippen LogP contribution in [0.2, 0.25) is 0 Å². The molecular formula is C19H22FN5S. The highest BCUT2D eigenvalue weighted by Crippen LogP contribution is 2.32. The van der Waals surface area contributed by atoms with Crippen molar-refractivity contribution in [2.75, 3.05) is 13.1 Å². The molecule has 1 saturated heterocycles. The number of aromatic nitrogens is 4. The summed E-state index contributed by atoms with van der Waals surface area (Å²) in [5.74, 6) is 0.630. The molecule has 0 spiro atoms. The van der Waals surface area contributed by atoms with Crippen LogP contribution in [-0.4, -0.2) is 38.2 Å². The minimum absolute atomic E-state index is 0.0727. The van der Waals surface area contributed by atoms with Crippen molar-refractivity contribution in [2.24, 2.45) is 0 Å². The lowest BCUT2D eigenvalue weighted by molar-refractivity contribution is 0.224. The molecule has 5 nitrogen and oxygen atoms in total. The van der Waals surface area contributed by atoms with Crippen LogP contribution in [0, 0.1) is 5.82 Å². The van der Waals surface area contributed by atoms with Crippen molar-refractivity contribution in [2.45, 2.75) is 38.3 Å². The fraction of sp³-hybridized carbons (Fsp3) is 0.421. The first-order valence-electron chi connectivity index (χ1n) is 9.09. The Hall–Kier alpha value is -2.12. The number of tetrazole rings is 1. The Bertz CT molecular complexity index is 807. The largest absolute Gasteiger partial charge is 0.289 e. The molecule has 1 aromatic carbocycles. The molecule has 0 amide bonds. The molecule has 1 atom stereocenters. The third kappa shape index (κ3) is 3.83. The molecule has 1 fully saturated rings. The SMILES string of the molecule is Fc1ccc(Cn2nnnc2[C@H](c2cccs2)N2CCCCCC2)cc1. The summed E-state index contributed by atoms with van der Waals surface area (Å²) in [5, 5.41) is 14.7. The summed E-state index contributed by atoms with van der Waals surface area (Å²) in [6, 6.07) is 10.8. The van der Waals surface area contributed by atoms with Gasteiger partial charge in [-0.15, -0.1) is 16.4 Å². The van der Waals surface area contributed by atoms with E-state index in [9.17, 15) is 4.39 Å². The third-order valence-electron chi connectivity index (χ3n) is 4.87. The van der Waals surface area contributed by atoms with Gasteiger partial charge in [0.05, 0.1) is 6.54 Å². The van der Waals surface area contributed by atoms with E-state index < -0.39 is 0 Å². The first-order valence-corrected chi connectivity index (χ1v) is 9.97. The third-order valence-corrected chi connectivity index (χ3v) is 5.79. The first-order chi connectivity index (χ1) is 12.8. The minimum Gasteiger partial charge on any atom is -0.289 e.